The molecule has 3 rings (SSSR count). The van der Waals surface area contributed by atoms with Crippen LogP contribution >= 0.6 is 0 Å². The number of carboxylic acid groups (broad SMARTS) is 1. The van der Waals surface area contributed by atoms with Crippen LogP contribution in [0.3, 0.4) is 0 Å². The van der Waals surface area contributed by atoms with Gasteiger partial charge in [-0.3, -0.25) is 14.4 Å². The maximum absolute atomic E-state index is 12.5. The molecule has 162 valence electrons. The topological polar surface area (TPSA) is 147 Å². The smallest absolute Gasteiger partial charge is 0.336 e. The Hall–Kier alpha value is -4.50. The number of aromatic hydroxyl groups is 1. The van der Waals surface area contributed by atoms with Crippen molar-refractivity contribution in [2.24, 2.45) is 5.84 Å². The van der Waals surface area contributed by atoms with Gasteiger partial charge in [-0.2, -0.15) is 0 Å². The highest BCUT2D eigenvalue weighted by Crippen LogP contribution is 2.26. The van der Waals surface area contributed by atoms with E-state index >= 15 is 0 Å². The largest absolute Gasteiger partial charge is 0.507 e. The number of nitrogens with zero attached hydrogens (tertiary/aromatic N) is 1. The van der Waals surface area contributed by atoms with Gasteiger partial charge in [-0.1, -0.05) is 42.5 Å². The highest BCUT2D eigenvalue weighted by molar-refractivity contribution is 6.11. The van der Waals surface area contributed by atoms with Gasteiger partial charge in [-0.25, -0.2) is 15.6 Å². The van der Waals surface area contributed by atoms with Crippen LogP contribution in [0.1, 0.15) is 36.6 Å². The fourth-order valence-electron chi connectivity index (χ4n) is 2.85. The van der Waals surface area contributed by atoms with Gasteiger partial charge in [0.05, 0.1) is 16.7 Å². The first-order chi connectivity index (χ1) is 15.3. The van der Waals surface area contributed by atoms with Gasteiger partial charge in [0.2, 0.25) is 0 Å². The maximum atomic E-state index is 12.5. The zero-order chi connectivity index (χ0) is 23.3. The number of imide groups is 1. The number of carbonyl (C=O) groups is 4. The van der Waals surface area contributed by atoms with Crippen LogP contribution in [-0.4, -0.2) is 45.4 Å². The first kappa shape index (κ1) is 22.2. The van der Waals surface area contributed by atoms with Crippen molar-refractivity contribution in [1.82, 2.24) is 5.01 Å². The minimum Gasteiger partial charge on any atom is -0.507 e. The van der Waals surface area contributed by atoms with Gasteiger partial charge in [-0.05, 0) is 24.3 Å². The zero-order valence-corrected chi connectivity index (χ0v) is 16.6. The van der Waals surface area contributed by atoms with Crippen LogP contribution in [0.4, 0.5) is 0 Å². The Balaban J connectivity index is 1.67. The first-order valence-electron chi connectivity index (χ1n) is 9.29. The van der Waals surface area contributed by atoms with Crippen molar-refractivity contribution >= 4 is 23.6 Å². The lowest BCUT2D eigenvalue weighted by molar-refractivity contribution is -0.131. The number of amides is 2. The van der Waals surface area contributed by atoms with E-state index in [1.807, 2.05) is 0 Å². The number of benzene rings is 3. The number of carbonyl (C=O) groups excluding carboxylic acids is 3. The minimum absolute atomic E-state index is 0.0517. The molecule has 0 aliphatic carbocycles. The number of ether oxygens (including phenoxy) is 1. The van der Waals surface area contributed by atoms with Gasteiger partial charge in [0, 0.05) is 11.6 Å². The summed E-state index contributed by atoms with van der Waals surface area (Å²) in [6.07, 6.45) is 0. The molecule has 32 heavy (non-hydrogen) atoms. The minimum atomic E-state index is -1.34. The highest BCUT2D eigenvalue weighted by atomic mass is 16.5. The number of hydrogen-bond acceptors (Lipinski definition) is 7. The second kappa shape index (κ2) is 9.54. The van der Waals surface area contributed by atoms with Crippen molar-refractivity contribution in [2.75, 3.05) is 6.61 Å². The number of hydrazine groups is 1. The average molecular weight is 434 g/mol. The molecule has 4 N–H and O–H groups in total. The van der Waals surface area contributed by atoms with E-state index in [0.29, 0.717) is 5.56 Å². The van der Waals surface area contributed by atoms with Gasteiger partial charge >= 0.3 is 5.97 Å². The number of phenols is 1. The number of hydrogen-bond donors (Lipinski definition) is 3. The summed E-state index contributed by atoms with van der Waals surface area (Å²) in [7, 11) is 0. The van der Waals surface area contributed by atoms with Crippen molar-refractivity contribution in [3.63, 3.8) is 0 Å². The molecule has 0 radical (unpaired) electrons. The first-order valence-corrected chi connectivity index (χ1v) is 9.29. The molecule has 3 aromatic carbocycles. The molecule has 0 fully saturated rings. The molecule has 0 saturated heterocycles. The molecule has 0 saturated carbocycles. The van der Waals surface area contributed by atoms with E-state index in [9.17, 15) is 29.4 Å². The molecule has 0 bridgehead atoms. The van der Waals surface area contributed by atoms with E-state index in [-0.39, 0.29) is 39.0 Å². The molecule has 0 unspecified atom stereocenters. The van der Waals surface area contributed by atoms with Crippen LogP contribution < -0.4 is 10.6 Å². The van der Waals surface area contributed by atoms with Gasteiger partial charge in [-0.15, -0.1) is 0 Å². The molecular weight excluding hydrogens is 416 g/mol. The van der Waals surface area contributed by atoms with Crippen LogP contribution in [0.15, 0.2) is 72.8 Å². The van der Waals surface area contributed by atoms with Crippen molar-refractivity contribution in [3.05, 3.63) is 95.1 Å². The van der Waals surface area contributed by atoms with E-state index in [1.165, 1.54) is 36.4 Å². The number of nitrogens with two attached hydrogens (primary N) is 1. The summed E-state index contributed by atoms with van der Waals surface area (Å²) in [5.41, 5.74) is -0.108. The number of ketones is 1. The third-order valence-electron chi connectivity index (χ3n) is 4.49. The number of aromatic carboxylic acids is 1. The maximum Gasteiger partial charge on any atom is 0.336 e. The summed E-state index contributed by atoms with van der Waals surface area (Å²) in [6, 6.07) is 17.6. The Bertz CT molecular complexity index is 1190. The van der Waals surface area contributed by atoms with Crippen LogP contribution in [-0.2, 0) is 4.79 Å². The predicted octanol–water partition coefficient (Wildman–Crippen LogP) is 2.24. The summed E-state index contributed by atoms with van der Waals surface area (Å²) < 4.78 is 5.26. The monoisotopic (exact) mass is 434 g/mol. The molecule has 0 heterocycles. The molecule has 0 aromatic heterocycles. The summed E-state index contributed by atoms with van der Waals surface area (Å²) in [4.78, 5) is 48.4. The lowest BCUT2D eigenvalue weighted by Crippen LogP contribution is -2.45. The Labute approximate surface area is 182 Å². The summed E-state index contributed by atoms with van der Waals surface area (Å²) in [6.45, 7) is -0.664. The summed E-state index contributed by atoms with van der Waals surface area (Å²) in [5.74, 6) is 1.58. The van der Waals surface area contributed by atoms with Gasteiger partial charge in [0.15, 0.2) is 12.4 Å². The Morgan fingerprint density at radius 1 is 0.844 bits per heavy atom. The van der Waals surface area contributed by atoms with E-state index < -0.39 is 24.4 Å². The second-order valence-corrected chi connectivity index (χ2v) is 6.58. The third kappa shape index (κ3) is 4.79. The standard InChI is InChI=1S/C23H18N2O7/c24-25(22(29)16-8-4-5-9-17(16)23(30)31)20(27)13-32-15-10-11-18(19(26)12-15)21(28)14-6-2-1-3-7-14/h1-12,26H,13,24H2,(H,30,31). The predicted molar refractivity (Wildman–Crippen MR) is 112 cm³/mol. The SMILES string of the molecule is NN(C(=O)COc1ccc(C(=O)c2ccccc2)c(O)c1)C(=O)c1ccccc1C(=O)O. The van der Waals surface area contributed by atoms with E-state index in [1.54, 1.807) is 30.3 Å². The Morgan fingerprint density at radius 3 is 2.09 bits per heavy atom. The molecule has 9 heteroatoms. The van der Waals surface area contributed by atoms with Gasteiger partial charge < -0.3 is 14.9 Å². The summed E-state index contributed by atoms with van der Waals surface area (Å²) in [5, 5.41) is 19.6. The van der Waals surface area contributed by atoms with Crippen molar-refractivity contribution in [1.29, 1.82) is 0 Å². The highest BCUT2D eigenvalue weighted by Gasteiger charge is 2.24. The molecule has 9 nitrogen and oxygen atoms in total. The third-order valence-corrected chi connectivity index (χ3v) is 4.49. The number of rotatable bonds is 7. The molecular formula is C23H18N2O7. The van der Waals surface area contributed by atoms with Gasteiger partial charge in [0.25, 0.3) is 11.8 Å². The normalized spacial score (nSPS) is 10.3. The molecule has 0 aliphatic heterocycles. The number of carboxylic acids is 1. The molecule has 0 atom stereocenters. The van der Waals surface area contributed by atoms with E-state index in [0.717, 1.165) is 6.07 Å². The van der Waals surface area contributed by atoms with E-state index in [2.05, 4.69) is 0 Å². The molecule has 0 aliphatic rings. The molecule has 2 amide bonds. The average Bonchev–Trinajstić information content (AvgIpc) is 2.81. The lowest BCUT2D eigenvalue weighted by Gasteiger charge is -2.16. The van der Waals surface area contributed by atoms with Crippen LogP contribution in [0.2, 0.25) is 0 Å². The fourth-order valence-corrected chi connectivity index (χ4v) is 2.85. The van der Waals surface area contributed by atoms with Gasteiger partial charge in [0.1, 0.15) is 11.5 Å². The quantitative estimate of drug-likeness (QED) is 0.222. The van der Waals surface area contributed by atoms with Crippen LogP contribution in [0.5, 0.6) is 11.5 Å². The van der Waals surface area contributed by atoms with Crippen LogP contribution in [0, 0.1) is 0 Å². The number of phenolic OH excluding ortho intramolecular Hbond substituents is 1. The van der Waals surface area contributed by atoms with Crippen molar-refractivity contribution < 1.29 is 34.1 Å². The van der Waals surface area contributed by atoms with Crippen LogP contribution in [0.25, 0.3) is 0 Å². The molecule has 3 aromatic rings. The fraction of sp³-hybridized carbons (Fsp3) is 0.0435. The van der Waals surface area contributed by atoms with Crippen molar-refractivity contribution in [2.45, 2.75) is 0 Å². The Kier molecular flexibility index (Phi) is 6.62. The zero-order valence-electron chi connectivity index (χ0n) is 16.6. The molecule has 0 spiro atoms. The summed E-state index contributed by atoms with van der Waals surface area (Å²) >= 11 is 0. The Morgan fingerprint density at radius 2 is 1.47 bits per heavy atom. The van der Waals surface area contributed by atoms with E-state index in [4.69, 9.17) is 10.6 Å². The second-order valence-electron chi connectivity index (χ2n) is 6.58. The lowest BCUT2D eigenvalue weighted by atomic mass is 10.0. The van der Waals surface area contributed by atoms with Crippen molar-refractivity contribution in [3.8, 4) is 11.5 Å².